The minimum Gasteiger partial charge on any atom is -0.497 e. The van der Waals surface area contributed by atoms with Crippen LogP contribution in [0.5, 0.6) is 5.75 Å². The molecule has 0 spiro atoms. The Hall–Kier alpha value is 0.160. The van der Waals surface area contributed by atoms with Gasteiger partial charge >= 0.3 is 0 Å². The molecule has 0 fully saturated rings. The molecule has 1 aromatic heterocycles. The molecule has 1 nitrogen and oxygen atoms in total. The first-order chi connectivity index (χ1) is 8.11. The minimum absolute atomic E-state index is 0.185. The predicted molar refractivity (Wildman–Crippen MR) is 83.5 cm³/mol. The van der Waals surface area contributed by atoms with Crippen molar-refractivity contribution in [3.63, 3.8) is 0 Å². The number of rotatable bonds is 3. The molecule has 1 atom stereocenters. The highest BCUT2D eigenvalue weighted by molar-refractivity contribution is 9.11. The molecule has 5 heteroatoms. The van der Waals surface area contributed by atoms with Gasteiger partial charge in [-0.05, 0) is 50.6 Å². The summed E-state index contributed by atoms with van der Waals surface area (Å²) in [6.45, 7) is 0. The average molecular weight is 441 g/mol. The van der Waals surface area contributed by atoms with Gasteiger partial charge in [-0.1, -0.05) is 37.9 Å². The molecule has 0 saturated carbocycles. The first-order valence-electron chi connectivity index (χ1n) is 4.83. The third-order valence-electron chi connectivity index (χ3n) is 2.36. The molecule has 1 unspecified atom stereocenters. The van der Waals surface area contributed by atoms with Gasteiger partial charge in [-0.2, -0.15) is 0 Å². The molecule has 0 aliphatic heterocycles. The number of hydrogen-bond acceptors (Lipinski definition) is 2. The molecule has 17 heavy (non-hydrogen) atoms. The van der Waals surface area contributed by atoms with Crippen LogP contribution >= 0.6 is 59.1 Å². The Bertz CT molecular complexity index is 524. The number of alkyl halides is 1. The maximum atomic E-state index is 5.19. The molecule has 1 heterocycles. The van der Waals surface area contributed by atoms with Gasteiger partial charge < -0.3 is 4.74 Å². The van der Waals surface area contributed by atoms with E-state index in [1.807, 2.05) is 12.1 Å². The smallest absolute Gasteiger partial charge is 0.120 e. The fraction of sp³-hybridized carbons (Fsp3) is 0.167. The number of methoxy groups -OCH3 is 1. The van der Waals surface area contributed by atoms with Gasteiger partial charge in [0.15, 0.2) is 0 Å². The van der Waals surface area contributed by atoms with E-state index in [0.717, 1.165) is 14.0 Å². The summed E-state index contributed by atoms with van der Waals surface area (Å²) in [7, 11) is 1.67. The highest BCUT2D eigenvalue weighted by atomic mass is 79.9. The van der Waals surface area contributed by atoms with E-state index in [-0.39, 0.29) is 4.83 Å². The highest BCUT2D eigenvalue weighted by Crippen LogP contribution is 2.39. The summed E-state index contributed by atoms with van der Waals surface area (Å²) in [4.78, 5) is 0.185. The zero-order chi connectivity index (χ0) is 12.4. The van der Waals surface area contributed by atoms with Crippen LogP contribution in [0.3, 0.4) is 0 Å². The normalized spacial score (nSPS) is 12.5. The Kier molecular flexibility index (Phi) is 4.69. The molecule has 2 rings (SSSR count). The zero-order valence-corrected chi connectivity index (χ0v) is 14.5. The van der Waals surface area contributed by atoms with Crippen LogP contribution in [0.2, 0.25) is 0 Å². The Morgan fingerprint density at radius 1 is 1.24 bits per heavy atom. The number of hydrogen-bond donors (Lipinski definition) is 0. The van der Waals surface area contributed by atoms with Gasteiger partial charge in [0.25, 0.3) is 0 Å². The van der Waals surface area contributed by atoms with Crippen LogP contribution in [-0.2, 0) is 0 Å². The number of halogens is 3. The average Bonchev–Trinajstić information content (AvgIpc) is 2.75. The molecule has 0 radical (unpaired) electrons. The fourth-order valence-corrected chi connectivity index (χ4v) is 4.41. The van der Waals surface area contributed by atoms with Gasteiger partial charge in [-0.25, -0.2) is 0 Å². The van der Waals surface area contributed by atoms with Crippen molar-refractivity contribution < 1.29 is 4.74 Å². The van der Waals surface area contributed by atoms with Crippen molar-refractivity contribution in [2.45, 2.75) is 4.83 Å². The molecule has 0 aliphatic carbocycles. The van der Waals surface area contributed by atoms with Crippen LogP contribution in [0.25, 0.3) is 0 Å². The topological polar surface area (TPSA) is 9.23 Å². The molecule has 0 amide bonds. The zero-order valence-electron chi connectivity index (χ0n) is 8.91. The summed E-state index contributed by atoms with van der Waals surface area (Å²) in [6, 6.07) is 8.13. The van der Waals surface area contributed by atoms with Gasteiger partial charge in [0.2, 0.25) is 0 Å². The summed E-state index contributed by atoms with van der Waals surface area (Å²) < 4.78 is 7.37. The number of ether oxygens (including phenoxy) is 1. The Morgan fingerprint density at radius 3 is 2.53 bits per heavy atom. The van der Waals surface area contributed by atoms with Gasteiger partial charge in [0.05, 0.1) is 15.7 Å². The highest BCUT2D eigenvalue weighted by Gasteiger charge is 2.15. The third kappa shape index (κ3) is 3.13. The lowest BCUT2D eigenvalue weighted by molar-refractivity contribution is 0.414. The second-order valence-electron chi connectivity index (χ2n) is 3.43. The van der Waals surface area contributed by atoms with Crippen molar-refractivity contribution in [3.8, 4) is 5.75 Å². The quantitative estimate of drug-likeness (QED) is 0.551. The van der Waals surface area contributed by atoms with Crippen molar-refractivity contribution in [2.75, 3.05) is 7.11 Å². The fourth-order valence-electron chi connectivity index (χ4n) is 1.48. The standard InChI is InChI=1S/C12H9Br3OS/c1-16-8-2-3-9(10(13)5-8)12(15)7-4-11(14)17-6-7/h2-6,12H,1H3. The molecule has 1 aromatic carbocycles. The van der Waals surface area contributed by atoms with Gasteiger partial charge in [-0.15, -0.1) is 11.3 Å². The van der Waals surface area contributed by atoms with Crippen LogP contribution in [-0.4, -0.2) is 7.11 Å². The largest absolute Gasteiger partial charge is 0.497 e. The summed E-state index contributed by atoms with van der Waals surface area (Å²) >= 11 is 12.5. The summed E-state index contributed by atoms with van der Waals surface area (Å²) in [5.41, 5.74) is 2.43. The summed E-state index contributed by atoms with van der Waals surface area (Å²) in [5, 5.41) is 2.14. The molecule has 0 N–H and O–H groups in total. The van der Waals surface area contributed by atoms with E-state index in [9.17, 15) is 0 Å². The van der Waals surface area contributed by atoms with E-state index in [1.54, 1.807) is 18.4 Å². The van der Waals surface area contributed by atoms with Crippen molar-refractivity contribution in [1.29, 1.82) is 0 Å². The van der Waals surface area contributed by atoms with E-state index in [4.69, 9.17) is 4.74 Å². The first-order valence-corrected chi connectivity index (χ1v) is 8.21. The first kappa shape index (κ1) is 13.6. The lowest BCUT2D eigenvalue weighted by Gasteiger charge is -2.12. The van der Waals surface area contributed by atoms with Crippen LogP contribution < -0.4 is 4.74 Å². The summed E-state index contributed by atoms with van der Waals surface area (Å²) in [6.07, 6.45) is 0. The molecule has 0 aliphatic rings. The van der Waals surface area contributed by atoms with Crippen molar-refractivity contribution in [3.05, 3.63) is 49.0 Å². The lowest BCUT2D eigenvalue weighted by Crippen LogP contribution is -1.93. The van der Waals surface area contributed by atoms with Crippen molar-refractivity contribution in [2.24, 2.45) is 0 Å². The van der Waals surface area contributed by atoms with Crippen LogP contribution in [0.4, 0.5) is 0 Å². The Balaban J connectivity index is 2.34. The second kappa shape index (κ2) is 5.87. The van der Waals surface area contributed by atoms with Crippen LogP contribution in [0, 0.1) is 0 Å². The summed E-state index contributed by atoms with van der Waals surface area (Å²) in [5.74, 6) is 0.854. The molecular weight excluding hydrogens is 432 g/mol. The minimum atomic E-state index is 0.185. The second-order valence-corrected chi connectivity index (χ2v) is 7.49. The van der Waals surface area contributed by atoms with Crippen LogP contribution in [0.1, 0.15) is 16.0 Å². The van der Waals surface area contributed by atoms with E-state index < -0.39 is 0 Å². The maximum absolute atomic E-state index is 5.19. The third-order valence-corrected chi connectivity index (χ3v) is 5.59. The van der Waals surface area contributed by atoms with Gasteiger partial charge in [0, 0.05) is 4.47 Å². The van der Waals surface area contributed by atoms with Gasteiger partial charge in [0.1, 0.15) is 5.75 Å². The SMILES string of the molecule is COc1ccc(C(Br)c2csc(Br)c2)c(Br)c1. The van der Waals surface area contributed by atoms with E-state index in [2.05, 4.69) is 65.3 Å². The lowest BCUT2D eigenvalue weighted by atomic mass is 10.1. The van der Waals surface area contributed by atoms with Crippen LogP contribution in [0.15, 0.2) is 37.9 Å². The predicted octanol–water partition coefficient (Wildman–Crippen LogP) is 5.77. The van der Waals surface area contributed by atoms with Crippen molar-refractivity contribution >= 4 is 59.1 Å². The molecule has 0 bridgehead atoms. The number of thiophene rings is 1. The maximum Gasteiger partial charge on any atom is 0.120 e. The monoisotopic (exact) mass is 438 g/mol. The molecule has 0 saturated heterocycles. The Labute approximate surface area is 130 Å². The molecular formula is C12H9Br3OS. The van der Waals surface area contributed by atoms with E-state index in [0.29, 0.717) is 0 Å². The molecule has 90 valence electrons. The van der Waals surface area contributed by atoms with Gasteiger partial charge in [-0.3, -0.25) is 0 Å². The van der Waals surface area contributed by atoms with E-state index in [1.165, 1.54) is 11.1 Å². The van der Waals surface area contributed by atoms with Crippen molar-refractivity contribution in [1.82, 2.24) is 0 Å². The number of benzene rings is 1. The van der Waals surface area contributed by atoms with E-state index >= 15 is 0 Å². The Morgan fingerprint density at radius 2 is 2.00 bits per heavy atom. The molecule has 2 aromatic rings.